The van der Waals surface area contributed by atoms with Gasteiger partial charge in [-0.2, -0.15) is 0 Å². The van der Waals surface area contributed by atoms with Gasteiger partial charge in [-0.15, -0.1) is 0 Å². The largest absolute Gasteiger partial charge is 0.506 e. The number of rotatable bonds is 7. The highest BCUT2D eigenvalue weighted by Crippen LogP contribution is 2.41. The molecule has 0 amide bonds. The molecule has 0 aromatic heterocycles. The number of nitrogen functional groups attached to an aromatic ring is 4. The quantitative estimate of drug-likeness (QED) is 0.0821. The fourth-order valence-corrected chi connectivity index (χ4v) is 3.94. The van der Waals surface area contributed by atoms with Crippen molar-refractivity contribution in [3.05, 3.63) is 84.9 Å². The number of phenols is 4. The summed E-state index contributed by atoms with van der Waals surface area (Å²) < 4.78 is 21.5. The average Bonchev–Trinajstić information content (AvgIpc) is 3.01. The Morgan fingerprint density at radius 2 is 0.773 bits per heavy atom. The van der Waals surface area contributed by atoms with Gasteiger partial charge in [-0.25, -0.2) is 0 Å². The Labute approximate surface area is 252 Å². The zero-order valence-electron chi connectivity index (χ0n) is 23.8. The van der Waals surface area contributed by atoms with E-state index in [-0.39, 0.29) is 45.7 Å². The van der Waals surface area contributed by atoms with Crippen LogP contribution in [0.5, 0.6) is 57.5 Å². The van der Waals surface area contributed by atoms with Crippen LogP contribution in [0.3, 0.4) is 0 Å². The molecule has 12 N–H and O–H groups in total. The minimum atomic E-state index is -0.102. The van der Waals surface area contributed by atoms with Gasteiger partial charge in [0.1, 0.15) is 68.9 Å². The molecule has 5 aromatic carbocycles. The molecule has 0 saturated carbocycles. The lowest BCUT2D eigenvalue weighted by Gasteiger charge is -2.12. The second-order valence-corrected chi connectivity index (χ2v) is 9.34. The van der Waals surface area contributed by atoms with Crippen LogP contribution < -0.4 is 41.9 Å². The molecule has 0 aliphatic carbocycles. The van der Waals surface area contributed by atoms with Crippen molar-refractivity contribution in [2.75, 3.05) is 37.2 Å². The summed E-state index contributed by atoms with van der Waals surface area (Å²) in [6.07, 6.45) is 0. The van der Waals surface area contributed by atoms with Gasteiger partial charge < -0.3 is 62.3 Å². The molecule has 0 unspecified atom stereocenters. The summed E-state index contributed by atoms with van der Waals surface area (Å²) in [6.45, 7) is 0. The first-order valence-corrected chi connectivity index (χ1v) is 12.9. The van der Waals surface area contributed by atoms with Crippen molar-refractivity contribution >= 4 is 22.7 Å². The monoisotopic (exact) mass is 600 g/mol. The predicted molar refractivity (Wildman–Crippen MR) is 169 cm³/mol. The fraction of sp³-hybridized carbons (Fsp3) is 0.0625. The van der Waals surface area contributed by atoms with Crippen molar-refractivity contribution in [1.82, 2.24) is 0 Å². The van der Waals surface area contributed by atoms with E-state index in [1.54, 1.807) is 60.7 Å². The topological polar surface area (TPSA) is 222 Å². The number of hydrogen-bond acceptors (Lipinski definition) is 12. The summed E-state index contributed by atoms with van der Waals surface area (Å²) in [6, 6.07) is 22.5. The molecular formula is C32H32N4O8. The summed E-state index contributed by atoms with van der Waals surface area (Å²) in [7, 11) is 2.91. The van der Waals surface area contributed by atoms with Crippen LogP contribution in [-0.4, -0.2) is 34.6 Å². The number of phenolic OH excluding ortho intramolecular Hbond substituents is 4. The van der Waals surface area contributed by atoms with Gasteiger partial charge in [0, 0.05) is 12.1 Å². The third kappa shape index (κ3) is 7.12. The van der Waals surface area contributed by atoms with Gasteiger partial charge in [0.05, 0.1) is 25.6 Å². The van der Waals surface area contributed by atoms with Gasteiger partial charge in [-0.05, 0) is 83.9 Å². The Morgan fingerprint density at radius 1 is 0.432 bits per heavy atom. The maximum atomic E-state index is 9.80. The Balaban J connectivity index is 0.000000204. The number of benzene rings is 5. The summed E-state index contributed by atoms with van der Waals surface area (Å²) in [5.41, 5.74) is 24.7. The molecule has 0 spiro atoms. The molecule has 5 rings (SSSR count). The molecule has 0 heterocycles. The van der Waals surface area contributed by atoms with Gasteiger partial charge in [0.25, 0.3) is 0 Å². The molecule has 0 aliphatic rings. The second kappa shape index (κ2) is 13.1. The van der Waals surface area contributed by atoms with Gasteiger partial charge in [-0.3, -0.25) is 0 Å². The standard InChI is InChI=1S/C18H16N2O4.C14H16N2O4/c19-15-9-13(5-7-17(15)21)23-11-1-2-12(4-3-11)24-14-6-8-18(22)16(20)10-14;1-19-11-5-7(3-9(17)13(11)15)8-4-10(18)14(16)12(6-8)20-2/h1-10,21-22H,19-20H2;3-6,17-18H,15-16H2,1-2H3. The number of methoxy groups -OCH3 is 2. The lowest BCUT2D eigenvalue weighted by atomic mass is 10.0. The first-order chi connectivity index (χ1) is 21.0. The third-order valence-electron chi connectivity index (χ3n) is 6.31. The lowest BCUT2D eigenvalue weighted by Crippen LogP contribution is -1.95. The maximum Gasteiger partial charge on any atom is 0.146 e. The van der Waals surface area contributed by atoms with E-state index in [4.69, 9.17) is 41.9 Å². The Bertz CT molecular complexity index is 1650. The zero-order chi connectivity index (χ0) is 32.0. The van der Waals surface area contributed by atoms with E-state index in [9.17, 15) is 20.4 Å². The molecule has 12 heteroatoms. The van der Waals surface area contributed by atoms with Gasteiger partial charge >= 0.3 is 0 Å². The van der Waals surface area contributed by atoms with Gasteiger partial charge in [-0.1, -0.05) is 0 Å². The van der Waals surface area contributed by atoms with E-state index < -0.39 is 0 Å². The summed E-state index contributed by atoms with van der Waals surface area (Å²) in [5, 5.41) is 38.4. The summed E-state index contributed by atoms with van der Waals surface area (Å²) >= 11 is 0. The second-order valence-electron chi connectivity index (χ2n) is 9.34. The number of hydrogen-bond donors (Lipinski definition) is 8. The lowest BCUT2D eigenvalue weighted by molar-refractivity contribution is 0.410. The van der Waals surface area contributed by atoms with Crippen molar-refractivity contribution in [3.63, 3.8) is 0 Å². The first kappa shape index (κ1) is 30.7. The first-order valence-electron chi connectivity index (χ1n) is 12.9. The average molecular weight is 601 g/mol. The minimum Gasteiger partial charge on any atom is -0.506 e. The van der Waals surface area contributed by atoms with Crippen LogP contribution >= 0.6 is 0 Å². The highest BCUT2D eigenvalue weighted by Gasteiger charge is 2.13. The number of aromatic hydroxyl groups is 4. The molecule has 44 heavy (non-hydrogen) atoms. The van der Waals surface area contributed by atoms with E-state index in [1.807, 2.05) is 0 Å². The van der Waals surface area contributed by atoms with E-state index in [0.29, 0.717) is 45.6 Å². The Hall–Kier alpha value is -6.30. The molecule has 5 aromatic rings. The molecule has 0 bridgehead atoms. The van der Waals surface area contributed by atoms with Crippen molar-refractivity contribution in [2.45, 2.75) is 0 Å². The Kier molecular flexibility index (Phi) is 9.14. The zero-order valence-corrected chi connectivity index (χ0v) is 23.8. The number of anilines is 4. The van der Waals surface area contributed by atoms with Crippen LogP contribution in [0.4, 0.5) is 22.7 Å². The summed E-state index contributed by atoms with van der Waals surface area (Å²) in [4.78, 5) is 0. The highest BCUT2D eigenvalue weighted by molar-refractivity contribution is 5.79. The third-order valence-corrected chi connectivity index (χ3v) is 6.31. The van der Waals surface area contributed by atoms with Gasteiger partial charge in [0.2, 0.25) is 0 Å². The normalized spacial score (nSPS) is 10.3. The van der Waals surface area contributed by atoms with E-state index >= 15 is 0 Å². The molecule has 0 aliphatic heterocycles. The Morgan fingerprint density at radius 3 is 1.09 bits per heavy atom. The summed E-state index contributed by atoms with van der Waals surface area (Å²) in [5.74, 6) is 2.74. The van der Waals surface area contributed by atoms with Crippen LogP contribution in [0, 0.1) is 0 Å². The van der Waals surface area contributed by atoms with Crippen molar-refractivity contribution < 1.29 is 39.4 Å². The van der Waals surface area contributed by atoms with Crippen molar-refractivity contribution in [2.24, 2.45) is 0 Å². The van der Waals surface area contributed by atoms with Crippen molar-refractivity contribution in [3.8, 4) is 68.6 Å². The number of ether oxygens (including phenoxy) is 4. The van der Waals surface area contributed by atoms with Gasteiger partial charge in [0.15, 0.2) is 0 Å². The van der Waals surface area contributed by atoms with Crippen LogP contribution in [0.1, 0.15) is 0 Å². The molecule has 0 fully saturated rings. The molecule has 12 nitrogen and oxygen atoms in total. The van der Waals surface area contributed by atoms with Crippen molar-refractivity contribution in [1.29, 1.82) is 0 Å². The maximum absolute atomic E-state index is 9.80. The molecule has 0 saturated heterocycles. The smallest absolute Gasteiger partial charge is 0.146 e. The van der Waals surface area contributed by atoms with Crippen LogP contribution in [0.25, 0.3) is 11.1 Å². The molecule has 0 atom stereocenters. The van der Waals surface area contributed by atoms with Crippen LogP contribution in [-0.2, 0) is 0 Å². The van der Waals surface area contributed by atoms with Crippen LogP contribution in [0.15, 0.2) is 84.9 Å². The molecule has 228 valence electrons. The predicted octanol–water partition coefficient (Wildman–Crippen LogP) is 5.79. The SMILES string of the molecule is COc1cc(-c2cc(O)c(N)c(OC)c2)cc(O)c1N.Nc1cc(Oc2ccc(Oc3ccc(O)c(N)c3)cc2)ccc1O. The van der Waals surface area contributed by atoms with Crippen LogP contribution in [0.2, 0.25) is 0 Å². The van der Waals surface area contributed by atoms with E-state index in [2.05, 4.69) is 0 Å². The molecular weight excluding hydrogens is 568 g/mol. The van der Waals surface area contributed by atoms with E-state index in [1.165, 1.54) is 38.5 Å². The number of nitrogens with two attached hydrogens (primary N) is 4. The molecule has 0 radical (unpaired) electrons. The minimum absolute atomic E-state index is 0.0132. The highest BCUT2D eigenvalue weighted by atomic mass is 16.5. The van der Waals surface area contributed by atoms with E-state index in [0.717, 1.165) is 0 Å². The fourth-order valence-electron chi connectivity index (χ4n) is 3.94.